The maximum atomic E-state index is 14.0. The second-order valence-electron chi connectivity index (χ2n) is 9.75. The lowest BCUT2D eigenvalue weighted by molar-refractivity contribution is -0.154. The van der Waals surface area contributed by atoms with E-state index >= 15 is 0 Å². The van der Waals surface area contributed by atoms with Gasteiger partial charge in [-0.25, -0.2) is 0 Å². The summed E-state index contributed by atoms with van der Waals surface area (Å²) < 4.78 is 6.85. The van der Waals surface area contributed by atoms with Crippen LogP contribution in [0.3, 0.4) is 0 Å². The lowest BCUT2D eigenvalue weighted by Gasteiger charge is -2.38. The first-order chi connectivity index (χ1) is 15.9. The van der Waals surface area contributed by atoms with Gasteiger partial charge in [0.05, 0.1) is 17.4 Å². The largest absolute Gasteiger partial charge is 0.396 e. The quantitative estimate of drug-likeness (QED) is 0.437. The Morgan fingerprint density at radius 2 is 1.73 bits per heavy atom. The van der Waals surface area contributed by atoms with Gasteiger partial charge in [0, 0.05) is 39.8 Å². The van der Waals surface area contributed by atoms with Gasteiger partial charge < -0.3 is 24.5 Å². The number of likely N-dealkylation sites (tertiary alicyclic amines) is 1. The maximum Gasteiger partial charge on any atom is 0.249 e. The van der Waals surface area contributed by atoms with Crippen LogP contribution in [0.4, 0.5) is 0 Å². The van der Waals surface area contributed by atoms with Crippen LogP contribution in [0.15, 0.2) is 24.3 Å². The molecule has 2 fully saturated rings. The van der Waals surface area contributed by atoms with Gasteiger partial charge in [-0.2, -0.15) is 0 Å². The lowest BCUT2D eigenvalue weighted by atomic mass is 9.73. The molecule has 0 aromatic carbocycles. The van der Waals surface area contributed by atoms with E-state index in [1.165, 1.54) is 0 Å². The molecule has 1 spiro atoms. The Balaban J connectivity index is 1.82. The number of hydrogen-bond acceptors (Lipinski definition) is 5. The van der Waals surface area contributed by atoms with Crippen molar-refractivity contribution in [3.05, 3.63) is 24.3 Å². The van der Waals surface area contributed by atoms with E-state index in [2.05, 4.69) is 6.92 Å². The van der Waals surface area contributed by atoms with E-state index in [-0.39, 0.29) is 24.3 Å². The smallest absolute Gasteiger partial charge is 0.249 e. The Bertz CT molecular complexity index is 857. The standard InChI is InChI=1S/C25H37N3O5/c1-4-6-14-27-15-10-12-25-19(22(31)28(16-7-8-17-29)20(25)23(27)32)18-21(30)26(3)13-9-11-24(18,5-2)33-25/h9-12,18-20,29H,4-8,13-17H2,1-3H3/t18-,19+,20?,24+,25+/m1/s1. The van der Waals surface area contributed by atoms with Crippen LogP contribution in [0.2, 0.25) is 0 Å². The number of carbonyl (C=O) groups excluding carboxylic acids is 3. The van der Waals surface area contributed by atoms with Crippen LogP contribution in [0.1, 0.15) is 46.0 Å². The van der Waals surface area contributed by atoms with Crippen molar-refractivity contribution in [1.82, 2.24) is 14.7 Å². The Labute approximate surface area is 196 Å². The summed E-state index contributed by atoms with van der Waals surface area (Å²) in [6.45, 7) is 6.02. The first-order valence-electron chi connectivity index (χ1n) is 12.4. The van der Waals surface area contributed by atoms with Crippen LogP contribution in [0.25, 0.3) is 0 Å². The van der Waals surface area contributed by atoms with E-state index in [0.29, 0.717) is 45.4 Å². The number of rotatable bonds is 8. The number of ether oxygens (including phenoxy) is 1. The normalized spacial score (nSPS) is 35.6. The fourth-order valence-electron chi connectivity index (χ4n) is 6.11. The molecule has 2 saturated heterocycles. The molecule has 182 valence electrons. The van der Waals surface area contributed by atoms with Gasteiger partial charge in [-0.05, 0) is 25.7 Å². The number of unbranched alkanes of at least 4 members (excludes halogenated alkanes) is 2. The number of aliphatic hydroxyl groups excluding tert-OH is 1. The second kappa shape index (κ2) is 9.22. The molecular weight excluding hydrogens is 422 g/mol. The molecule has 0 aliphatic carbocycles. The molecule has 5 atom stereocenters. The SMILES string of the molecule is CCCCN1CC=C[C@]23O[C@@]4(CC)C=CCN(C)C(=O)[C@H]4[C@H]2C(=O)N(CCCCO)C3C1=O. The van der Waals surface area contributed by atoms with Crippen LogP contribution in [0, 0.1) is 11.8 Å². The molecule has 1 unspecified atom stereocenters. The molecule has 1 N–H and O–H groups in total. The number of likely N-dealkylation sites (N-methyl/N-ethyl adjacent to an activating group) is 1. The molecule has 0 aromatic heterocycles. The highest BCUT2D eigenvalue weighted by Crippen LogP contribution is 2.58. The van der Waals surface area contributed by atoms with E-state index in [1.54, 1.807) is 16.8 Å². The minimum absolute atomic E-state index is 0.0316. The van der Waals surface area contributed by atoms with Gasteiger partial charge in [0.25, 0.3) is 0 Å². The summed E-state index contributed by atoms with van der Waals surface area (Å²) in [7, 11) is 1.75. The van der Waals surface area contributed by atoms with Gasteiger partial charge >= 0.3 is 0 Å². The molecule has 33 heavy (non-hydrogen) atoms. The number of amides is 3. The predicted molar refractivity (Wildman–Crippen MR) is 123 cm³/mol. The van der Waals surface area contributed by atoms with Gasteiger partial charge in [-0.1, -0.05) is 44.6 Å². The van der Waals surface area contributed by atoms with Crippen molar-refractivity contribution < 1.29 is 24.2 Å². The van der Waals surface area contributed by atoms with Gasteiger partial charge in [0.1, 0.15) is 11.6 Å². The van der Waals surface area contributed by atoms with Crippen molar-refractivity contribution in [1.29, 1.82) is 0 Å². The zero-order chi connectivity index (χ0) is 23.8. The number of hydrogen-bond donors (Lipinski definition) is 1. The van der Waals surface area contributed by atoms with Gasteiger partial charge in [0.2, 0.25) is 17.7 Å². The summed E-state index contributed by atoms with van der Waals surface area (Å²) in [6, 6.07) is -0.800. The van der Waals surface area contributed by atoms with Crippen LogP contribution in [-0.4, -0.2) is 94.6 Å². The van der Waals surface area contributed by atoms with E-state index in [4.69, 9.17) is 4.74 Å². The highest BCUT2D eigenvalue weighted by Gasteiger charge is 2.75. The van der Waals surface area contributed by atoms with Crippen molar-refractivity contribution in [2.75, 3.05) is 39.8 Å². The second-order valence-corrected chi connectivity index (χ2v) is 9.75. The zero-order valence-corrected chi connectivity index (χ0v) is 20.0. The Morgan fingerprint density at radius 3 is 2.42 bits per heavy atom. The number of aliphatic hydroxyl groups is 1. The summed E-state index contributed by atoms with van der Waals surface area (Å²) in [4.78, 5) is 46.6. The summed E-state index contributed by atoms with van der Waals surface area (Å²) in [5.74, 6) is -1.84. The highest BCUT2D eigenvalue weighted by molar-refractivity contribution is 6.00. The summed E-state index contributed by atoms with van der Waals surface area (Å²) >= 11 is 0. The third kappa shape index (κ3) is 3.62. The van der Waals surface area contributed by atoms with Gasteiger partial charge in [-0.15, -0.1) is 0 Å². The average Bonchev–Trinajstić information content (AvgIpc) is 3.10. The third-order valence-electron chi connectivity index (χ3n) is 7.81. The monoisotopic (exact) mass is 459 g/mol. The van der Waals surface area contributed by atoms with Crippen molar-refractivity contribution in [2.45, 2.75) is 63.2 Å². The minimum Gasteiger partial charge on any atom is -0.396 e. The first-order valence-corrected chi connectivity index (χ1v) is 12.4. The molecule has 4 rings (SSSR count). The molecule has 0 bridgehead atoms. The topological polar surface area (TPSA) is 90.4 Å². The fourth-order valence-corrected chi connectivity index (χ4v) is 6.11. The van der Waals surface area contributed by atoms with Crippen molar-refractivity contribution >= 4 is 17.7 Å². The van der Waals surface area contributed by atoms with Crippen LogP contribution >= 0.6 is 0 Å². The van der Waals surface area contributed by atoms with Crippen molar-refractivity contribution in [3.63, 3.8) is 0 Å². The number of nitrogens with zero attached hydrogens (tertiary/aromatic N) is 3. The molecule has 4 aliphatic heterocycles. The van der Waals surface area contributed by atoms with Crippen LogP contribution < -0.4 is 0 Å². The molecule has 0 aromatic rings. The third-order valence-corrected chi connectivity index (χ3v) is 7.81. The molecule has 8 heteroatoms. The summed E-state index contributed by atoms with van der Waals surface area (Å²) in [5, 5.41) is 9.28. The highest BCUT2D eigenvalue weighted by atomic mass is 16.5. The molecule has 3 amide bonds. The van der Waals surface area contributed by atoms with E-state index in [0.717, 1.165) is 12.8 Å². The van der Waals surface area contributed by atoms with Crippen LogP contribution in [-0.2, 0) is 19.1 Å². The molecular formula is C25H37N3O5. The van der Waals surface area contributed by atoms with E-state index < -0.39 is 29.1 Å². The Kier molecular flexibility index (Phi) is 6.69. The fraction of sp³-hybridized carbons (Fsp3) is 0.720. The number of carbonyl (C=O) groups is 3. The van der Waals surface area contributed by atoms with Crippen molar-refractivity contribution in [3.8, 4) is 0 Å². The maximum absolute atomic E-state index is 14.0. The Hall–Kier alpha value is -2.19. The first kappa shape index (κ1) is 24.0. The van der Waals surface area contributed by atoms with E-state index in [9.17, 15) is 19.5 Å². The molecule has 8 nitrogen and oxygen atoms in total. The summed E-state index contributed by atoms with van der Waals surface area (Å²) in [5.41, 5.74) is -2.09. The molecule has 4 aliphatic rings. The lowest BCUT2D eigenvalue weighted by Crippen LogP contribution is -2.56. The average molecular weight is 460 g/mol. The van der Waals surface area contributed by atoms with Crippen molar-refractivity contribution in [2.24, 2.45) is 11.8 Å². The summed E-state index contributed by atoms with van der Waals surface area (Å²) in [6.07, 6.45) is 11.3. The number of fused-ring (bicyclic) bond motifs is 2. The van der Waals surface area contributed by atoms with Gasteiger partial charge in [0.15, 0.2) is 0 Å². The van der Waals surface area contributed by atoms with Gasteiger partial charge in [-0.3, -0.25) is 14.4 Å². The minimum atomic E-state index is -1.17. The molecule has 0 saturated carbocycles. The molecule has 4 heterocycles. The Morgan fingerprint density at radius 1 is 0.970 bits per heavy atom. The van der Waals surface area contributed by atoms with E-state index in [1.807, 2.05) is 36.1 Å². The van der Waals surface area contributed by atoms with Crippen LogP contribution in [0.5, 0.6) is 0 Å². The zero-order valence-electron chi connectivity index (χ0n) is 20.0. The predicted octanol–water partition coefficient (Wildman–Crippen LogP) is 1.35. The molecule has 0 radical (unpaired) electrons.